The topological polar surface area (TPSA) is 39.9 Å². The standard InChI is InChI=1S/C29H32ClN3O2/c30-23-6-4-5-22(19-23)27-10-9-25(35-27)21-31-13-11-29(12-14-31)20-26(29)28(34)33-17-15-32(16-18-33)24-7-2-1-3-8-24/h1-10,19,26H,11-18,20-21H2. The first-order valence-corrected chi connectivity index (χ1v) is 13.1. The van der Waals surface area contributed by atoms with Crippen molar-refractivity contribution in [1.82, 2.24) is 9.80 Å². The summed E-state index contributed by atoms with van der Waals surface area (Å²) in [4.78, 5) is 20.2. The zero-order valence-electron chi connectivity index (χ0n) is 20.0. The Morgan fingerprint density at radius 1 is 0.914 bits per heavy atom. The zero-order valence-corrected chi connectivity index (χ0v) is 20.8. The van der Waals surface area contributed by atoms with Crippen molar-refractivity contribution in [2.45, 2.75) is 25.8 Å². The first kappa shape index (κ1) is 22.7. The van der Waals surface area contributed by atoms with Crippen LogP contribution in [0.5, 0.6) is 0 Å². The number of para-hydroxylation sites is 1. The second-order valence-electron chi connectivity index (χ2n) is 10.3. The Balaban J connectivity index is 0.989. The van der Waals surface area contributed by atoms with Gasteiger partial charge in [-0.3, -0.25) is 9.69 Å². The lowest BCUT2D eigenvalue weighted by Gasteiger charge is -2.37. The van der Waals surface area contributed by atoms with Crippen molar-refractivity contribution >= 4 is 23.2 Å². The van der Waals surface area contributed by atoms with Gasteiger partial charge < -0.3 is 14.2 Å². The molecule has 0 bridgehead atoms. The quantitative estimate of drug-likeness (QED) is 0.471. The molecule has 35 heavy (non-hydrogen) atoms. The number of rotatable bonds is 5. The highest BCUT2D eigenvalue weighted by Crippen LogP contribution is 2.60. The predicted molar refractivity (Wildman–Crippen MR) is 139 cm³/mol. The number of piperidine rings is 1. The minimum absolute atomic E-state index is 0.228. The first-order valence-electron chi connectivity index (χ1n) is 12.8. The summed E-state index contributed by atoms with van der Waals surface area (Å²) in [5.41, 5.74) is 2.50. The fourth-order valence-corrected chi connectivity index (χ4v) is 6.12. The largest absolute Gasteiger partial charge is 0.460 e. The highest BCUT2D eigenvalue weighted by Gasteiger charge is 2.59. The smallest absolute Gasteiger partial charge is 0.226 e. The molecule has 1 atom stereocenters. The van der Waals surface area contributed by atoms with Gasteiger partial charge in [0.2, 0.25) is 5.91 Å². The molecule has 2 saturated heterocycles. The maximum atomic E-state index is 13.3. The highest BCUT2D eigenvalue weighted by molar-refractivity contribution is 6.30. The van der Waals surface area contributed by atoms with Gasteiger partial charge in [0.1, 0.15) is 11.5 Å². The van der Waals surface area contributed by atoms with E-state index in [0.717, 1.165) is 82.2 Å². The van der Waals surface area contributed by atoms with E-state index in [1.165, 1.54) is 5.69 Å². The molecule has 2 aromatic carbocycles. The van der Waals surface area contributed by atoms with Crippen LogP contribution in [0.15, 0.2) is 71.1 Å². The molecule has 0 N–H and O–H groups in total. The molecular formula is C29H32ClN3O2. The molecule has 6 rings (SSSR count). The number of nitrogens with zero attached hydrogens (tertiary/aromatic N) is 3. The van der Waals surface area contributed by atoms with Gasteiger partial charge in [-0.1, -0.05) is 41.9 Å². The summed E-state index contributed by atoms with van der Waals surface area (Å²) in [6, 6.07) is 22.4. The van der Waals surface area contributed by atoms with E-state index < -0.39 is 0 Å². The van der Waals surface area contributed by atoms with Gasteiger partial charge in [0.15, 0.2) is 0 Å². The number of carbonyl (C=O) groups is 1. The van der Waals surface area contributed by atoms with E-state index in [1.807, 2.05) is 36.4 Å². The Morgan fingerprint density at radius 3 is 2.43 bits per heavy atom. The third kappa shape index (κ3) is 4.72. The van der Waals surface area contributed by atoms with Crippen molar-refractivity contribution < 1.29 is 9.21 Å². The van der Waals surface area contributed by atoms with Crippen LogP contribution in [0.3, 0.4) is 0 Å². The second-order valence-corrected chi connectivity index (χ2v) is 10.8. The number of benzene rings is 2. The summed E-state index contributed by atoms with van der Waals surface area (Å²) in [6.07, 6.45) is 3.28. The molecular weight excluding hydrogens is 458 g/mol. The number of hydrogen-bond donors (Lipinski definition) is 0. The van der Waals surface area contributed by atoms with Crippen molar-refractivity contribution in [3.63, 3.8) is 0 Å². The summed E-state index contributed by atoms with van der Waals surface area (Å²) < 4.78 is 6.11. The van der Waals surface area contributed by atoms with E-state index in [1.54, 1.807) is 0 Å². The van der Waals surface area contributed by atoms with Crippen LogP contribution in [0.2, 0.25) is 5.02 Å². The minimum atomic E-state index is 0.228. The molecule has 3 fully saturated rings. The summed E-state index contributed by atoms with van der Waals surface area (Å²) in [5.74, 6) is 2.46. The molecule has 3 aromatic rings. The van der Waals surface area contributed by atoms with Crippen LogP contribution in [0.25, 0.3) is 11.3 Å². The molecule has 1 aromatic heterocycles. The maximum absolute atomic E-state index is 13.3. The molecule has 5 nitrogen and oxygen atoms in total. The van der Waals surface area contributed by atoms with E-state index in [4.69, 9.17) is 16.0 Å². The lowest BCUT2D eigenvalue weighted by Crippen LogP contribution is -2.50. The van der Waals surface area contributed by atoms with E-state index in [2.05, 4.69) is 45.0 Å². The lowest BCUT2D eigenvalue weighted by molar-refractivity contribution is -0.134. The number of carbonyl (C=O) groups excluding carboxylic acids is 1. The van der Waals surface area contributed by atoms with Crippen LogP contribution in [0, 0.1) is 11.3 Å². The van der Waals surface area contributed by atoms with Gasteiger partial charge in [0.25, 0.3) is 0 Å². The molecule has 1 saturated carbocycles. The monoisotopic (exact) mass is 489 g/mol. The zero-order chi connectivity index (χ0) is 23.8. The van der Waals surface area contributed by atoms with Crippen LogP contribution in [-0.2, 0) is 11.3 Å². The first-order chi connectivity index (χ1) is 17.1. The Kier molecular flexibility index (Phi) is 6.07. The average Bonchev–Trinajstić information content (AvgIpc) is 3.39. The van der Waals surface area contributed by atoms with Crippen LogP contribution < -0.4 is 4.90 Å². The number of halogens is 1. The van der Waals surface area contributed by atoms with Gasteiger partial charge in [-0.05, 0) is 74.2 Å². The van der Waals surface area contributed by atoms with Gasteiger partial charge in [-0.15, -0.1) is 0 Å². The highest BCUT2D eigenvalue weighted by atomic mass is 35.5. The Bertz CT molecular complexity index is 1180. The molecule has 1 unspecified atom stereocenters. The number of piperazine rings is 1. The fourth-order valence-electron chi connectivity index (χ4n) is 5.93. The van der Waals surface area contributed by atoms with Crippen molar-refractivity contribution in [1.29, 1.82) is 0 Å². The lowest BCUT2D eigenvalue weighted by atomic mass is 9.90. The van der Waals surface area contributed by atoms with Gasteiger partial charge in [-0.2, -0.15) is 0 Å². The van der Waals surface area contributed by atoms with E-state index in [9.17, 15) is 4.79 Å². The molecule has 3 aliphatic rings. The SMILES string of the molecule is O=C(C1CC12CCN(Cc1ccc(-c3cccc(Cl)c3)o1)CC2)N1CCN(c2ccccc2)CC1. The Labute approximate surface area is 212 Å². The van der Waals surface area contributed by atoms with E-state index in [-0.39, 0.29) is 11.3 Å². The summed E-state index contributed by atoms with van der Waals surface area (Å²) in [6.45, 7) is 6.38. The molecule has 1 spiro atoms. The van der Waals surface area contributed by atoms with Gasteiger partial charge in [0.05, 0.1) is 6.54 Å². The third-order valence-electron chi connectivity index (χ3n) is 8.20. The molecule has 1 aliphatic carbocycles. The minimum Gasteiger partial charge on any atom is -0.460 e. The molecule has 2 aliphatic heterocycles. The van der Waals surface area contributed by atoms with Crippen molar-refractivity contribution in [3.05, 3.63) is 77.5 Å². The van der Waals surface area contributed by atoms with E-state index in [0.29, 0.717) is 10.9 Å². The normalized spacial score (nSPS) is 21.9. The second kappa shape index (κ2) is 9.36. The third-order valence-corrected chi connectivity index (χ3v) is 8.44. The molecule has 0 radical (unpaired) electrons. The maximum Gasteiger partial charge on any atom is 0.226 e. The van der Waals surface area contributed by atoms with Crippen molar-refractivity contribution in [2.24, 2.45) is 11.3 Å². The number of furan rings is 1. The molecule has 1 amide bonds. The van der Waals surface area contributed by atoms with Crippen molar-refractivity contribution in [3.8, 4) is 11.3 Å². The molecule has 3 heterocycles. The molecule has 182 valence electrons. The fraction of sp³-hybridized carbons (Fsp3) is 0.414. The summed E-state index contributed by atoms with van der Waals surface area (Å²) >= 11 is 6.13. The van der Waals surface area contributed by atoms with Crippen molar-refractivity contribution in [2.75, 3.05) is 44.2 Å². The van der Waals surface area contributed by atoms with E-state index >= 15 is 0 Å². The number of likely N-dealkylation sites (tertiary alicyclic amines) is 1. The summed E-state index contributed by atoms with van der Waals surface area (Å²) in [7, 11) is 0. The number of hydrogen-bond acceptors (Lipinski definition) is 4. The van der Waals surface area contributed by atoms with Crippen LogP contribution >= 0.6 is 11.6 Å². The van der Waals surface area contributed by atoms with Crippen LogP contribution in [0.1, 0.15) is 25.0 Å². The summed E-state index contributed by atoms with van der Waals surface area (Å²) in [5, 5.41) is 0.716. The molecule has 6 heteroatoms. The van der Waals surface area contributed by atoms with Crippen LogP contribution in [-0.4, -0.2) is 55.0 Å². The Morgan fingerprint density at radius 2 is 1.69 bits per heavy atom. The van der Waals surface area contributed by atoms with Gasteiger partial charge in [0, 0.05) is 48.4 Å². The number of anilines is 1. The predicted octanol–water partition coefficient (Wildman–Crippen LogP) is 5.55. The Hall–Kier alpha value is -2.76. The average molecular weight is 490 g/mol. The van der Waals surface area contributed by atoms with Gasteiger partial charge >= 0.3 is 0 Å². The van der Waals surface area contributed by atoms with Crippen LogP contribution in [0.4, 0.5) is 5.69 Å². The number of amides is 1. The van der Waals surface area contributed by atoms with Gasteiger partial charge in [-0.25, -0.2) is 0 Å².